The van der Waals surface area contributed by atoms with Crippen molar-refractivity contribution < 1.29 is 9.72 Å². The molecule has 11 nitrogen and oxygen atoms in total. The van der Waals surface area contributed by atoms with E-state index < -0.39 is 22.6 Å². The van der Waals surface area contributed by atoms with Crippen LogP contribution in [0.15, 0.2) is 74.0 Å². The van der Waals surface area contributed by atoms with E-state index in [0.717, 1.165) is 0 Å². The zero-order chi connectivity index (χ0) is 19.7. The number of hydrogen-bond acceptors (Lipinski definition) is 8. The van der Waals surface area contributed by atoms with E-state index in [1.165, 1.54) is 24.3 Å². The Bertz CT molecular complexity index is 1220. The highest BCUT2D eigenvalue weighted by Crippen LogP contribution is 2.26. The maximum absolute atomic E-state index is 12.6. The van der Waals surface area contributed by atoms with Gasteiger partial charge in [0, 0.05) is 34.3 Å². The lowest BCUT2D eigenvalue weighted by molar-refractivity contribution is -0.384. The van der Waals surface area contributed by atoms with Crippen LogP contribution < -0.4 is 10.9 Å². The maximum Gasteiger partial charge on any atom is 0.270 e. The molecular weight excluding hydrogens is 366 g/mol. The van der Waals surface area contributed by atoms with Crippen LogP contribution in [0.25, 0.3) is 10.9 Å². The van der Waals surface area contributed by atoms with E-state index in [2.05, 4.69) is 31.0 Å². The molecule has 0 fully saturated rings. The molecule has 0 spiro atoms. The summed E-state index contributed by atoms with van der Waals surface area (Å²) in [6, 6.07) is 12.1. The number of nitrogens with zero attached hydrogens (tertiary/aromatic N) is 5. The molecule has 1 aliphatic heterocycles. The molecule has 1 amide bonds. The fourth-order valence-electron chi connectivity index (χ4n) is 2.75. The molecule has 138 valence electrons. The van der Waals surface area contributed by atoms with Crippen molar-refractivity contribution in [1.82, 2.24) is 4.98 Å². The fraction of sp³-hybridized carbons (Fsp3) is 0.0588. The third-order valence-electron chi connectivity index (χ3n) is 4.09. The van der Waals surface area contributed by atoms with E-state index in [1.54, 1.807) is 24.3 Å². The summed E-state index contributed by atoms with van der Waals surface area (Å²) in [7, 11) is 0. The second-order valence-corrected chi connectivity index (χ2v) is 5.90. The lowest BCUT2D eigenvalue weighted by Crippen LogP contribution is -2.23. The van der Waals surface area contributed by atoms with Gasteiger partial charge in [-0.15, -0.1) is 10.2 Å². The first kappa shape index (κ1) is 17.1. The van der Waals surface area contributed by atoms with Crippen LogP contribution in [0.4, 0.5) is 11.4 Å². The minimum Gasteiger partial charge on any atom is -0.322 e. The number of carbonyl (C=O) groups excluding carboxylic acids is 1. The van der Waals surface area contributed by atoms with Crippen LogP contribution in [-0.2, 0) is 0 Å². The number of benzene rings is 2. The number of nitro benzene ring substituents is 1. The van der Waals surface area contributed by atoms with Gasteiger partial charge in [0.2, 0.25) is 6.17 Å². The highest BCUT2D eigenvalue weighted by Gasteiger charge is 2.16. The molecule has 0 saturated carbocycles. The number of amides is 1. The predicted molar refractivity (Wildman–Crippen MR) is 98.1 cm³/mol. The summed E-state index contributed by atoms with van der Waals surface area (Å²) in [6.45, 7) is 0. The number of aromatic nitrogens is 1. The molecule has 0 atom stereocenters. The lowest BCUT2D eigenvalue weighted by Gasteiger charge is -2.08. The predicted octanol–water partition coefficient (Wildman–Crippen LogP) is 3.52. The largest absolute Gasteiger partial charge is 0.322 e. The average Bonchev–Trinajstić information content (AvgIpc) is 3.22. The summed E-state index contributed by atoms with van der Waals surface area (Å²) in [5.41, 5.74) is 0.584. The van der Waals surface area contributed by atoms with E-state index in [9.17, 15) is 19.7 Å². The molecule has 0 bridgehead atoms. The van der Waals surface area contributed by atoms with Gasteiger partial charge >= 0.3 is 0 Å². The van der Waals surface area contributed by atoms with Crippen molar-refractivity contribution in [2.75, 3.05) is 5.32 Å². The second-order valence-electron chi connectivity index (χ2n) is 5.90. The third-order valence-corrected chi connectivity index (χ3v) is 4.09. The first-order chi connectivity index (χ1) is 13.5. The molecule has 0 aliphatic carbocycles. The standard InChI is InChI=1S/C17H11N7O4/c25-16(18-11-3-1-2-9(6-11)15-20-22-23-21-15)13-8-10-7-12(24(27)28)4-5-14(10)19-17(13)26/h1-8,15H,(H,18,25)(H,19,26). The highest BCUT2D eigenvalue weighted by atomic mass is 16.6. The van der Waals surface area contributed by atoms with Gasteiger partial charge in [0.15, 0.2) is 0 Å². The first-order valence-electron chi connectivity index (χ1n) is 8.04. The lowest BCUT2D eigenvalue weighted by atomic mass is 10.1. The Hall–Kier alpha value is -4.28. The zero-order valence-corrected chi connectivity index (χ0v) is 14.1. The number of nitrogens with one attached hydrogen (secondary N) is 2. The third kappa shape index (κ3) is 3.23. The molecule has 3 aromatic rings. The minimum atomic E-state index is -0.651. The molecule has 1 aliphatic rings. The van der Waals surface area contributed by atoms with Crippen LogP contribution in [0.5, 0.6) is 0 Å². The number of aromatic amines is 1. The Morgan fingerprint density at radius 3 is 2.64 bits per heavy atom. The maximum atomic E-state index is 12.6. The van der Waals surface area contributed by atoms with Crippen molar-refractivity contribution in [3.63, 3.8) is 0 Å². The number of hydrogen-bond donors (Lipinski definition) is 2. The summed E-state index contributed by atoms with van der Waals surface area (Å²) < 4.78 is 0. The Morgan fingerprint density at radius 1 is 1.11 bits per heavy atom. The van der Waals surface area contributed by atoms with E-state index in [0.29, 0.717) is 22.2 Å². The second kappa shape index (κ2) is 6.79. The van der Waals surface area contributed by atoms with Gasteiger partial charge in [-0.2, -0.15) is 0 Å². The number of pyridine rings is 1. The minimum absolute atomic E-state index is 0.140. The van der Waals surface area contributed by atoms with Crippen LogP contribution in [0, 0.1) is 10.1 Å². The summed E-state index contributed by atoms with van der Waals surface area (Å²) in [6.07, 6.45) is -0.568. The van der Waals surface area contributed by atoms with Crippen LogP contribution >= 0.6 is 0 Å². The highest BCUT2D eigenvalue weighted by molar-refractivity contribution is 6.05. The van der Waals surface area contributed by atoms with Gasteiger partial charge in [-0.3, -0.25) is 19.7 Å². The average molecular weight is 377 g/mol. The van der Waals surface area contributed by atoms with Crippen LogP contribution in [0.1, 0.15) is 22.1 Å². The number of anilines is 1. The summed E-state index contributed by atoms with van der Waals surface area (Å²) >= 11 is 0. The summed E-state index contributed by atoms with van der Waals surface area (Å²) in [4.78, 5) is 37.8. The van der Waals surface area contributed by atoms with Gasteiger partial charge in [-0.05, 0) is 34.7 Å². The van der Waals surface area contributed by atoms with Crippen molar-refractivity contribution >= 4 is 28.2 Å². The van der Waals surface area contributed by atoms with Gasteiger partial charge in [-0.25, -0.2) is 0 Å². The van der Waals surface area contributed by atoms with E-state index >= 15 is 0 Å². The SMILES string of the molecule is O=C(Nc1cccc(C2N=NN=N2)c1)c1cc2cc([N+](=O)[O-])ccc2[nH]c1=O. The quantitative estimate of drug-likeness (QED) is 0.527. The Kier molecular flexibility index (Phi) is 4.16. The number of non-ortho nitro benzene ring substituents is 1. The van der Waals surface area contributed by atoms with Crippen molar-refractivity contribution in [3.05, 3.63) is 80.1 Å². The Balaban J connectivity index is 1.65. The van der Waals surface area contributed by atoms with Crippen LogP contribution in [0.3, 0.4) is 0 Å². The van der Waals surface area contributed by atoms with Gasteiger partial charge in [-0.1, -0.05) is 12.1 Å². The molecular formula is C17H11N7O4. The van der Waals surface area contributed by atoms with Gasteiger partial charge < -0.3 is 10.3 Å². The van der Waals surface area contributed by atoms with Crippen molar-refractivity contribution in [2.45, 2.75) is 6.17 Å². The first-order valence-corrected chi connectivity index (χ1v) is 8.04. The molecule has 0 unspecified atom stereocenters. The molecule has 2 heterocycles. The molecule has 0 radical (unpaired) electrons. The number of rotatable bonds is 4. The molecule has 11 heteroatoms. The van der Waals surface area contributed by atoms with Gasteiger partial charge in [0.05, 0.1) is 4.92 Å². The monoisotopic (exact) mass is 377 g/mol. The van der Waals surface area contributed by atoms with Crippen molar-refractivity contribution in [2.24, 2.45) is 20.7 Å². The van der Waals surface area contributed by atoms with Crippen LogP contribution in [0.2, 0.25) is 0 Å². The van der Waals surface area contributed by atoms with Gasteiger partial charge in [0.25, 0.3) is 17.2 Å². The molecule has 28 heavy (non-hydrogen) atoms. The molecule has 1 aromatic heterocycles. The zero-order valence-electron chi connectivity index (χ0n) is 14.1. The number of fused-ring (bicyclic) bond motifs is 1. The number of H-pyrrole nitrogens is 1. The Labute approximate surface area is 156 Å². The molecule has 4 rings (SSSR count). The van der Waals surface area contributed by atoms with Gasteiger partial charge in [0.1, 0.15) is 5.56 Å². The topological polar surface area (TPSA) is 155 Å². The molecule has 2 N–H and O–H groups in total. The van der Waals surface area contributed by atoms with Crippen molar-refractivity contribution in [3.8, 4) is 0 Å². The number of carbonyl (C=O) groups is 1. The van der Waals surface area contributed by atoms with Crippen molar-refractivity contribution in [1.29, 1.82) is 0 Å². The molecule has 2 aromatic carbocycles. The van der Waals surface area contributed by atoms with E-state index in [-0.39, 0.29) is 11.3 Å². The molecule has 0 saturated heterocycles. The van der Waals surface area contributed by atoms with E-state index in [4.69, 9.17) is 0 Å². The smallest absolute Gasteiger partial charge is 0.270 e. The summed E-state index contributed by atoms with van der Waals surface area (Å²) in [5.74, 6) is -0.651. The normalized spacial score (nSPS) is 13.1. The van der Waals surface area contributed by atoms with Crippen LogP contribution in [-0.4, -0.2) is 15.8 Å². The fourth-order valence-corrected chi connectivity index (χ4v) is 2.75. The Morgan fingerprint density at radius 2 is 1.89 bits per heavy atom. The van der Waals surface area contributed by atoms with E-state index in [1.807, 2.05) is 0 Å². The number of nitro groups is 1. The summed E-state index contributed by atoms with van der Waals surface area (Å²) in [5, 5.41) is 28.5.